The molecule has 1 aromatic rings. The number of ether oxygens (including phenoxy) is 2. The van der Waals surface area contributed by atoms with Crippen molar-refractivity contribution in [2.75, 3.05) is 26.1 Å². The lowest BCUT2D eigenvalue weighted by atomic mass is 10.0. The van der Waals surface area contributed by atoms with Crippen molar-refractivity contribution in [3.63, 3.8) is 0 Å². The van der Waals surface area contributed by atoms with Crippen molar-refractivity contribution in [3.05, 3.63) is 23.8 Å². The smallest absolute Gasteiger partial charge is 0.247 e. The number of hydrogen-bond donors (Lipinski definition) is 1. The summed E-state index contributed by atoms with van der Waals surface area (Å²) < 4.78 is 11.3. The van der Waals surface area contributed by atoms with Gasteiger partial charge < -0.3 is 19.7 Å². The molecule has 180 valence electrons. The Kier molecular flexibility index (Phi) is 11.7. The molecule has 7 heteroatoms. The third-order valence-electron chi connectivity index (χ3n) is 5.91. The predicted octanol–water partition coefficient (Wildman–Crippen LogP) is 5.23. The highest BCUT2D eigenvalue weighted by atomic mass is 35.5. The molecule has 1 aliphatic carbocycles. The van der Waals surface area contributed by atoms with E-state index in [1.54, 1.807) is 12.0 Å². The lowest BCUT2D eigenvalue weighted by Gasteiger charge is -2.32. The number of hydrogen-bond acceptors (Lipinski definition) is 4. The first-order valence-corrected chi connectivity index (χ1v) is 12.6. The van der Waals surface area contributed by atoms with Gasteiger partial charge in [-0.3, -0.25) is 9.59 Å². The van der Waals surface area contributed by atoms with Gasteiger partial charge >= 0.3 is 0 Å². The van der Waals surface area contributed by atoms with E-state index in [4.69, 9.17) is 21.1 Å². The van der Waals surface area contributed by atoms with Crippen molar-refractivity contribution in [3.8, 4) is 11.5 Å². The number of benzene rings is 1. The van der Waals surface area contributed by atoms with Crippen molar-refractivity contribution in [1.82, 2.24) is 10.2 Å². The summed E-state index contributed by atoms with van der Waals surface area (Å²) >= 11 is 5.95. The summed E-state index contributed by atoms with van der Waals surface area (Å²) in [5.41, 5.74) is 0.700. The largest absolute Gasteiger partial charge is 0.493 e. The lowest BCUT2D eigenvalue weighted by molar-refractivity contribution is -0.139. The zero-order valence-corrected chi connectivity index (χ0v) is 20.6. The van der Waals surface area contributed by atoms with Crippen molar-refractivity contribution in [2.45, 2.75) is 83.7 Å². The topological polar surface area (TPSA) is 67.9 Å². The Hall–Kier alpha value is -1.95. The third-order valence-corrected chi connectivity index (χ3v) is 6.14. The van der Waals surface area contributed by atoms with Gasteiger partial charge in [-0.05, 0) is 43.4 Å². The van der Waals surface area contributed by atoms with E-state index < -0.39 is 6.04 Å². The quantitative estimate of drug-likeness (QED) is 0.338. The maximum Gasteiger partial charge on any atom is 0.247 e. The van der Waals surface area contributed by atoms with E-state index in [2.05, 4.69) is 12.2 Å². The maximum atomic E-state index is 13.6. The molecule has 1 saturated carbocycles. The number of unbranched alkanes of at least 4 members (excludes halogenated alkanes) is 1. The highest BCUT2D eigenvalue weighted by Gasteiger charge is 2.32. The second kappa shape index (κ2) is 14.2. The average molecular weight is 467 g/mol. The van der Waals surface area contributed by atoms with Crippen LogP contribution in [0.1, 0.15) is 83.2 Å². The maximum absolute atomic E-state index is 13.6. The summed E-state index contributed by atoms with van der Waals surface area (Å²) in [7, 11) is 1.58. The molecular formula is C25H39ClN2O4. The van der Waals surface area contributed by atoms with E-state index in [0.29, 0.717) is 30.2 Å². The summed E-state index contributed by atoms with van der Waals surface area (Å²) in [6.07, 6.45) is 9.19. The number of amides is 2. The molecule has 1 aliphatic rings. The number of nitrogens with zero attached hydrogens (tertiary/aromatic N) is 1. The second-order valence-electron chi connectivity index (χ2n) is 8.43. The summed E-state index contributed by atoms with van der Waals surface area (Å²) in [6, 6.07) is 4.86. The Morgan fingerprint density at radius 1 is 1.12 bits per heavy atom. The van der Waals surface area contributed by atoms with Crippen LogP contribution in [0.2, 0.25) is 0 Å². The fourth-order valence-electron chi connectivity index (χ4n) is 4.17. The molecule has 1 unspecified atom stereocenters. The normalized spacial score (nSPS) is 15.5. The first-order valence-electron chi connectivity index (χ1n) is 12.0. The van der Waals surface area contributed by atoms with Crippen molar-refractivity contribution in [2.24, 2.45) is 0 Å². The summed E-state index contributed by atoms with van der Waals surface area (Å²) in [5.74, 6) is 0.620. The van der Waals surface area contributed by atoms with E-state index in [1.807, 2.05) is 25.1 Å². The number of carbonyl (C=O) groups is 2. The Morgan fingerprint density at radius 3 is 2.44 bits per heavy atom. The van der Waals surface area contributed by atoms with Crippen LogP contribution in [-0.4, -0.2) is 48.9 Å². The zero-order chi connectivity index (χ0) is 23.3. The van der Waals surface area contributed by atoms with Gasteiger partial charge in [-0.25, -0.2) is 0 Å². The van der Waals surface area contributed by atoms with Gasteiger partial charge in [-0.2, -0.15) is 0 Å². The highest BCUT2D eigenvalue weighted by molar-refractivity contribution is 6.27. The van der Waals surface area contributed by atoms with Crippen LogP contribution in [0.4, 0.5) is 0 Å². The number of halogens is 1. The van der Waals surface area contributed by atoms with E-state index in [9.17, 15) is 9.59 Å². The fraction of sp³-hybridized carbons (Fsp3) is 0.680. The van der Waals surface area contributed by atoms with E-state index in [1.165, 1.54) is 12.8 Å². The van der Waals surface area contributed by atoms with Gasteiger partial charge in [0, 0.05) is 12.6 Å². The highest BCUT2D eigenvalue weighted by Crippen LogP contribution is 2.33. The van der Waals surface area contributed by atoms with E-state index in [-0.39, 0.29) is 23.7 Å². The molecule has 0 aromatic heterocycles. The minimum Gasteiger partial charge on any atom is -0.493 e. The lowest BCUT2D eigenvalue weighted by Crippen LogP contribution is -2.47. The Balaban J connectivity index is 2.39. The molecule has 1 aromatic carbocycles. The Morgan fingerprint density at radius 2 is 1.84 bits per heavy atom. The SMILES string of the molecule is CCCCN(C(=O)CCl)C(C(=O)NC1CCCCCC1)c1ccc(OCCC)c(OC)c1. The molecule has 0 radical (unpaired) electrons. The van der Waals surface area contributed by atoms with Crippen LogP contribution in [0, 0.1) is 0 Å². The summed E-state index contributed by atoms with van der Waals surface area (Å²) in [6.45, 7) is 5.15. The molecule has 1 fully saturated rings. The molecule has 0 spiro atoms. The van der Waals surface area contributed by atoms with Gasteiger partial charge in [0.25, 0.3) is 0 Å². The van der Waals surface area contributed by atoms with Crippen LogP contribution < -0.4 is 14.8 Å². The van der Waals surface area contributed by atoms with E-state index in [0.717, 1.165) is 44.9 Å². The van der Waals surface area contributed by atoms with Gasteiger partial charge in [-0.1, -0.05) is 52.0 Å². The van der Waals surface area contributed by atoms with Crippen LogP contribution in [0.5, 0.6) is 11.5 Å². The summed E-state index contributed by atoms with van der Waals surface area (Å²) in [4.78, 5) is 28.0. The molecule has 6 nitrogen and oxygen atoms in total. The zero-order valence-electron chi connectivity index (χ0n) is 19.8. The summed E-state index contributed by atoms with van der Waals surface area (Å²) in [5, 5.41) is 3.23. The molecule has 1 N–H and O–H groups in total. The number of rotatable bonds is 12. The van der Waals surface area contributed by atoms with Gasteiger partial charge in [0.1, 0.15) is 11.9 Å². The number of methoxy groups -OCH3 is 1. The molecule has 0 saturated heterocycles. The standard InChI is InChI=1S/C25H39ClN2O4/c1-4-6-15-28(23(29)18-26)24(25(30)27-20-11-9-7-8-10-12-20)19-13-14-21(32-16-5-2)22(17-19)31-3/h13-14,17,20,24H,4-12,15-16,18H2,1-3H3,(H,27,30). The van der Waals surface area contributed by atoms with Crippen molar-refractivity contribution < 1.29 is 19.1 Å². The Labute approximate surface area is 198 Å². The fourth-order valence-corrected chi connectivity index (χ4v) is 4.32. The molecule has 0 bridgehead atoms. The van der Waals surface area contributed by atoms with E-state index >= 15 is 0 Å². The molecular weight excluding hydrogens is 428 g/mol. The first-order chi connectivity index (χ1) is 15.5. The monoisotopic (exact) mass is 466 g/mol. The third kappa shape index (κ3) is 7.58. The molecule has 2 amide bonds. The minimum atomic E-state index is -0.759. The molecule has 0 aliphatic heterocycles. The van der Waals surface area contributed by atoms with Gasteiger partial charge in [-0.15, -0.1) is 11.6 Å². The molecule has 32 heavy (non-hydrogen) atoms. The Bertz CT molecular complexity index is 720. The average Bonchev–Trinajstić information content (AvgIpc) is 3.08. The minimum absolute atomic E-state index is 0.140. The first kappa shape index (κ1) is 26.3. The molecule has 1 atom stereocenters. The van der Waals surface area contributed by atoms with Crippen molar-refractivity contribution in [1.29, 1.82) is 0 Å². The molecule has 0 heterocycles. The number of nitrogens with one attached hydrogen (secondary N) is 1. The predicted molar refractivity (Wildman–Crippen MR) is 128 cm³/mol. The number of alkyl halides is 1. The van der Waals surface area contributed by atoms with Gasteiger partial charge in [0.15, 0.2) is 11.5 Å². The van der Waals surface area contributed by atoms with Crippen LogP contribution in [0.25, 0.3) is 0 Å². The van der Waals surface area contributed by atoms with Crippen LogP contribution >= 0.6 is 11.6 Å². The number of carbonyl (C=O) groups excluding carboxylic acids is 2. The van der Waals surface area contributed by atoms with Crippen molar-refractivity contribution >= 4 is 23.4 Å². The molecule has 2 rings (SSSR count). The van der Waals surface area contributed by atoms with Gasteiger partial charge in [0.2, 0.25) is 11.8 Å². The van der Waals surface area contributed by atoms with Gasteiger partial charge in [0.05, 0.1) is 13.7 Å². The van der Waals surface area contributed by atoms with Crippen LogP contribution in [-0.2, 0) is 9.59 Å². The van der Waals surface area contributed by atoms with Crippen LogP contribution in [0.15, 0.2) is 18.2 Å². The second-order valence-corrected chi connectivity index (χ2v) is 8.70. The van der Waals surface area contributed by atoms with Crippen LogP contribution in [0.3, 0.4) is 0 Å².